The molecule has 1 aromatic heterocycles. The number of rotatable bonds is 4. The van der Waals surface area contributed by atoms with Crippen molar-refractivity contribution >= 4 is 5.91 Å². The molecule has 2 rings (SSSR count). The Bertz CT molecular complexity index is 379. The van der Waals surface area contributed by atoms with Gasteiger partial charge in [-0.15, -0.1) is 0 Å². The van der Waals surface area contributed by atoms with E-state index in [1.54, 1.807) is 18.3 Å². The third-order valence-corrected chi connectivity index (χ3v) is 4.03. The first-order valence-electron chi connectivity index (χ1n) is 6.77. The lowest BCUT2D eigenvalue weighted by Crippen LogP contribution is -2.45. The molecule has 0 aliphatic heterocycles. The van der Waals surface area contributed by atoms with Crippen molar-refractivity contribution in [3.05, 3.63) is 24.0 Å². The molecule has 1 amide bonds. The van der Waals surface area contributed by atoms with Gasteiger partial charge in [-0.3, -0.25) is 4.79 Å². The van der Waals surface area contributed by atoms with Gasteiger partial charge >= 0.3 is 0 Å². The molecule has 100 valence electrons. The largest absolute Gasteiger partial charge is 0.388 e. The van der Waals surface area contributed by atoms with E-state index in [2.05, 4.69) is 17.2 Å². The molecule has 0 bridgehead atoms. The van der Waals surface area contributed by atoms with Crippen LogP contribution in [0, 0.1) is 5.92 Å². The molecular weight excluding hydrogens is 228 g/mol. The zero-order valence-electron chi connectivity index (χ0n) is 10.9. The minimum Gasteiger partial charge on any atom is -0.388 e. The van der Waals surface area contributed by atoms with Crippen LogP contribution in [0.5, 0.6) is 0 Å². The number of amides is 1. The van der Waals surface area contributed by atoms with Crippen molar-refractivity contribution in [2.24, 2.45) is 5.92 Å². The molecule has 18 heavy (non-hydrogen) atoms. The summed E-state index contributed by atoms with van der Waals surface area (Å²) in [5.41, 5.74) is -0.172. The summed E-state index contributed by atoms with van der Waals surface area (Å²) in [6, 6.07) is 3.52. The van der Waals surface area contributed by atoms with Crippen LogP contribution in [0.1, 0.15) is 49.5 Å². The number of nitrogens with one attached hydrogen (secondary N) is 2. The van der Waals surface area contributed by atoms with Gasteiger partial charge in [0.1, 0.15) is 5.69 Å². The van der Waals surface area contributed by atoms with Crippen LogP contribution >= 0.6 is 0 Å². The summed E-state index contributed by atoms with van der Waals surface area (Å²) in [5.74, 6) is 0.593. The van der Waals surface area contributed by atoms with Gasteiger partial charge in [0, 0.05) is 12.7 Å². The second-order valence-electron chi connectivity index (χ2n) is 5.34. The molecule has 4 heteroatoms. The summed E-state index contributed by atoms with van der Waals surface area (Å²) in [4.78, 5) is 14.6. The highest BCUT2D eigenvalue weighted by Gasteiger charge is 2.32. The minimum atomic E-state index is -0.714. The van der Waals surface area contributed by atoms with E-state index in [1.807, 2.05) is 0 Å². The van der Waals surface area contributed by atoms with Crippen LogP contribution in [0.3, 0.4) is 0 Å². The molecule has 4 nitrogen and oxygen atoms in total. The van der Waals surface area contributed by atoms with Gasteiger partial charge in [-0.2, -0.15) is 0 Å². The summed E-state index contributed by atoms with van der Waals surface area (Å²) < 4.78 is 0. The lowest BCUT2D eigenvalue weighted by Gasteiger charge is -2.35. The molecular formula is C14H22N2O2. The molecule has 0 radical (unpaired) electrons. The van der Waals surface area contributed by atoms with Crippen molar-refractivity contribution in [1.29, 1.82) is 0 Å². The third-order valence-electron chi connectivity index (χ3n) is 4.03. The highest BCUT2D eigenvalue weighted by molar-refractivity contribution is 5.92. The second-order valence-corrected chi connectivity index (χ2v) is 5.34. The lowest BCUT2D eigenvalue weighted by molar-refractivity contribution is -0.00789. The number of H-pyrrole nitrogens is 1. The maximum absolute atomic E-state index is 11.8. The molecule has 3 N–H and O–H groups in total. The Morgan fingerprint density at radius 2 is 2.28 bits per heavy atom. The average Bonchev–Trinajstić information content (AvgIpc) is 2.91. The van der Waals surface area contributed by atoms with Gasteiger partial charge in [-0.25, -0.2) is 0 Å². The summed E-state index contributed by atoms with van der Waals surface area (Å²) in [6.07, 6.45) is 6.60. The second kappa shape index (κ2) is 5.57. The summed E-state index contributed by atoms with van der Waals surface area (Å²) in [6.45, 7) is 2.54. The van der Waals surface area contributed by atoms with Crippen LogP contribution < -0.4 is 5.32 Å². The molecule has 1 heterocycles. The fraction of sp³-hybridized carbons (Fsp3) is 0.643. The fourth-order valence-corrected chi connectivity index (χ4v) is 2.61. The number of hydrogen-bond acceptors (Lipinski definition) is 2. The number of aromatic amines is 1. The average molecular weight is 250 g/mol. The quantitative estimate of drug-likeness (QED) is 0.766. The minimum absolute atomic E-state index is 0.147. The lowest BCUT2D eigenvalue weighted by atomic mass is 9.78. The van der Waals surface area contributed by atoms with Crippen LogP contribution in [0.15, 0.2) is 18.3 Å². The van der Waals surface area contributed by atoms with Crippen molar-refractivity contribution in [2.75, 3.05) is 6.54 Å². The molecule has 0 unspecified atom stereocenters. The standard InChI is InChI=1S/C14H22N2O2/c1-2-11-5-7-14(18,8-6-11)10-16-13(17)12-4-3-9-15-12/h3-4,9,11,15,18H,2,5-8,10H2,1H3,(H,16,17). The molecule has 1 aliphatic rings. The van der Waals surface area contributed by atoms with Crippen molar-refractivity contribution in [3.63, 3.8) is 0 Å². The molecule has 0 atom stereocenters. The van der Waals surface area contributed by atoms with Crippen molar-refractivity contribution in [2.45, 2.75) is 44.6 Å². The zero-order chi connectivity index (χ0) is 13.0. The van der Waals surface area contributed by atoms with Crippen LogP contribution in [-0.2, 0) is 0 Å². The molecule has 0 aromatic carbocycles. The van der Waals surface area contributed by atoms with Gasteiger partial charge in [-0.1, -0.05) is 13.3 Å². The number of aliphatic hydroxyl groups is 1. The van der Waals surface area contributed by atoms with Crippen molar-refractivity contribution < 1.29 is 9.90 Å². The van der Waals surface area contributed by atoms with E-state index < -0.39 is 5.60 Å². The van der Waals surface area contributed by atoms with E-state index in [9.17, 15) is 9.90 Å². The normalized spacial score (nSPS) is 28.0. The molecule has 0 saturated heterocycles. The molecule has 0 spiro atoms. The first kappa shape index (κ1) is 13.1. The molecule has 1 aromatic rings. The van der Waals surface area contributed by atoms with E-state index in [1.165, 1.54) is 6.42 Å². The monoisotopic (exact) mass is 250 g/mol. The van der Waals surface area contributed by atoms with E-state index in [0.717, 1.165) is 31.6 Å². The van der Waals surface area contributed by atoms with Crippen LogP contribution in [0.4, 0.5) is 0 Å². The number of carbonyl (C=O) groups is 1. The number of aromatic nitrogens is 1. The molecule has 1 aliphatic carbocycles. The molecule has 1 fully saturated rings. The first-order valence-corrected chi connectivity index (χ1v) is 6.77. The summed E-state index contributed by atoms with van der Waals surface area (Å²) in [7, 11) is 0. The van der Waals surface area contributed by atoms with E-state index in [-0.39, 0.29) is 5.91 Å². The van der Waals surface area contributed by atoms with E-state index in [4.69, 9.17) is 0 Å². The van der Waals surface area contributed by atoms with Gasteiger partial charge in [0.25, 0.3) is 5.91 Å². The van der Waals surface area contributed by atoms with Crippen LogP contribution in [0.2, 0.25) is 0 Å². The highest BCUT2D eigenvalue weighted by atomic mass is 16.3. The Hall–Kier alpha value is -1.29. The fourth-order valence-electron chi connectivity index (χ4n) is 2.61. The van der Waals surface area contributed by atoms with Crippen molar-refractivity contribution in [3.8, 4) is 0 Å². The van der Waals surface area contributed by atoms with Crippen LogP contribution in [0.25, 0.3) is 0 Å². The molecule has 1 saturated carbocycles. The van der Waals surface area contributed by atoms with E-state index >= 15 is 0 Å². The Morgan fingerprint density at radius 1 is 1.56 bits per heavy atom. The summed E-state index contributed by atoms with van der Waals surface area (Å²) >= 11 is 0. The van der Waals surface area contributed by atoms with Crippen LogP contribution in [-0.4, -0.2) is 28.1 Å². The topological polar surface area (TPSA) is 65.1 Å². The van der Waals surface area contributed by atoms with Crippen molar-refractivity contribution in [1.82, 2.24) is 10.3 Å². The Balaban J connectivity index is 1.81. The predicted molar refractivity (Wildman–Crippen MR) is 70.3 cm³/mol. The number of carbonyl (C=O) groups excluding carboxylic acids is 1. The van der Waals surface area contributed by atoms with E-state index in [0.29, 0.717) is 12.2 Å². The smallest absolute Gasteiger partial charge is 0.267 e. The predicted octanol–water partition coefficient (Wildman–Crippen LogP) is 2.08. The third kappa shape index (κ3) is 3.13. The van der Waals surface area contributed by atoms with Gasteiger partial charge in [0.2, 0.25) is 0 Å². The Labute approximate surface area is 108 Å². The maximum atomic E-state index is 11.8. The Kier molecular flexibility index (Phi) is 4.07. The van der Waals surface area contributed by atoms with Gasteiger partial charge < -0.3 is 15.4 Å². The van der Waals surface area contributed by atoms with Gasteiger partial charge in [0.15, 0.2) is 0 Å². The first-order chi connectivity index (χ1) is 8.63. The Morgan fingerprint density at radius 3 is 2.83 bits per heavy atom. The van der Waals surface area contributed by atoms with Gasteiger partial charge in [0.05, 0.1) is 5.60 Å². The highest BCUT2D eigenvalue weighted by Crippen LogP contribution is 2.33. The zero-order valence-corrected chi connectivity index (χ0v) is 10.9. The number of hydrogen-bond donors (Lipinski definition) is 3. The SMILES string of the molecule is CCC1CCC(O)(CNC(=O)c2ccc[nH]2)CC1. The maximum Gasteiger partial charge on any atom is 0.267 e. The van der Waals surface area contributed by atoms with Gasteiger partial charge in [-0.05, 0) is 43.7 Å². The summed E-state index contributed by atoms with van der Waals surface area (Å²) in [5, 5.41) is 13.2.